The molecule has 0 unspecified atom stereocenters. The molecule has 0 saturated heterocycles. The SMILES string of the molecule is CCC(=O)Nc1ccc(F)[c]([Ti]([c]2c(F)ccc(NC(=O)CC)c2F)([C]2(C)C=CC=C2)[C]2(C)C=CC=C2)c1F. The van der Waals surface area contributed by atoms with Gasteiger partial charge in [0.25, 0.3) is 0 Å². The molecule has 4 nitrogen and oxygen atoms in total. The zero-order valence-electron chi connectivity index (χ0n) is 22.2. The van der Waals surface area contributed by atoms with Crippen LogP contribution in [0, 0.1) is 23.3 Å². The third-order valence-electron chi connectivity index (χ3n) is 7.73. The van der Waals surface area contributed by atoms with E-state index in [4.69, 9.17) is 0 Å². The standard InChI is InChI=1S/2C9H8F2NO.2C6H7.Ti/c2*1-2-9(13)12-8-4-3-6(10)5-7(8)11;2*1-6-4-2-3-5-6;/h2*3-4H,2H2,1H3,(H,12,13);2*2-5H,1H3;. The number of hydrogen-bond acceptors (Lipinski definition) is 2. The number of halogens is 4. The quantitative estimate of drug-likeness (QED) is 0.274. The van der Waals surface area contributed by atoms with Gasteiger partial charge < -0.3 is 0 Å². The second-order valence-electron chi connectivity index (χ2n) is 10.1. The van der Waals surface area contributed by atoms with Crippen LogP contribution in [0.15, 0.2) is 72.9 Å². The first-order valence-corrected chi connectivity index (χ1v) is 15.9. The Labute approximate surface area is 228 Å². The van der Waals surface area contributed by atoms with Crippen LogP contribution in [-0.2, 0) is 26.2 Å². The number of anilines is 2. The average molecular weight is 574 g/mol. The maximum absolute atomic E-state index is 16.7. The first-order chi connectivity index (χ1) is 18.5. The summed E-state index contributed by atoms with van der Waals surface area (Å²) in [7, 11) is 0. The molecule has 2 aromatic carbocycles. The maximum atomic E-state index is 16.7. The van der Waals surface area contributed by atoms with E-state index in [0.29, 0.717) is 0 Å². The average Bonchev–Trinajstić information content (AvgIpc) is 3.55. The van der Waals surface area contributed by atoms with Crippen molar-refractivity contribution in [3.05, 3.63) is 96.1 Å². The van der Waals surface area contributed by atoms with Gasteiger partial charge in [-0.25, -0.2) is 0 Å². The molecule has 2 aliphatic rings. The van der Waals surface area contributed by atoms with Gasteiger partial charge in [0.15, 0.2) is 0 Å². The van der Waals surface area contributed by atoms with Crippen molar-refractivity contribution in [2.24, 2.45) is 0 Å². The summed E-state index contributed by atoms with van der Waals surface area (Å²) in [6.07, 6.45) is 13.8. The zero-order valence-corrected chi connectivity index (χ0v) is 23.7. The minimum atomic E-state index is -5.26. The molecule has 204 valence electrons. The van der Waals surface area contributed by atoms with Crippen LogP contribution in [0.4, 0.5) is 28.9 Å². The molecule has 2 aliphatic carbocycles. The number of hydrogen-bond donors (Lipinski definition) is 2. The Morgan fingerprint density at radius 1 is 0.667 bits per heavy atom. The Hall–Kier alpha value is -3.23. The fourth-order valence-corrected chi connectivity index (χ4v) is 16.4. The molecular weight excluding hydrogens is 544 g/mol. The summed E-state index contributed by atoms with van der Waals surface area (Å²) in [5.74, 6) is -5.05. The molecule has 2 aromatic rings. The van der Waals surface area contributed by atoms with Crippen LogP contribution >= 0.6 is 0 Å². The van der Waals surface area contributed by atoms with Gasteiger partial charge in [0.1, 0.15) is 0 Å². The molecule has 39 heavy (non-hydrogen) atoms. The fourth-order valence-electron chi connectivity index (χ4n) is 5.88. The molecule has 0 fully saturated rings. The zero-order chi connectivity index (χ0) is 28.6. The fraction of sp³-hybridized carbons (Fsp3) is 0.267. The van der Waals surface area contributed by atoms with Gasteiger partial charge in [0.2, 0.25) is 0 Å². The van der Waals surface area contributed by atoms with E-state index >= 15 is 17.6 Å². The molecule has 0 spiro atoms. The number of allylic oxidation sites excluding steroid dienone is 8. The van der Waals surface area contributed by atoms with E-state index in [1.54, 1.807) is 76.3 Å². The van der Waals surface area contributed by atoms with Crippen LogP contribution < -0.4 is 18.4 Å². The van der Waals surface area contributed by atoms with Crippen molar-refractivity contribution >= 4 is 30.9 Å². The van der Waals surface area contributed by atoms with Crippen LogP contribution in [-0.4, -0.2) is 11.8 Å². The van der Waals surface area contributed by atoms with E-state index in [-0.39, 0.29) is 24.2 Å². The second-order valence-corrected chi connectivity index (χ2v) is 17.4. The van der Waals surface area contributed by atoms with Crippen molar-refractivity contribution in [2.75, 3.05) is 10.6 Å². The molecule has 0 atom stereocenters. The Kier molecular flexibility index (Phi) is 7.92. The molecule has 2 N–H and O–H groups in total. The number of nitrogens with one attached hydrogen (secondary N) is 2. The van der Waals surface area contributed by atoms with Crippen molar-refractivity contribution < 1.29 is 43.7 Å². The Balaban J connectivity index is 2.23. The van der Waals surface area contributed by atoms with Crippen LogP contribution in [0.5, 0.6) is 0 Å². The molecule has 9 heteroatoms. The summed E-state index contributed by atoms with van der Waals surface area (Å²) < 4.78 is 62.5. The predicted molar refractivity (Wildman–Crippen MR) is 143 cm³/mol. The molecule has 0 bridgehead atoms. The Morgan fingerprint density at radius 2 is 1.00 bits per heavy atom. The summed E-state index contributed by atoms with van der Waals surface area (Å²) in [6.45, 7) is 6.63. The van der Waals surface area contributed by atoms with Gasteiger partial charge in [-0.15, -0.1) is 0 Å². The third-order valence-corrected chi connectivity index (χ3v) is 17.6. The summed E-state index contributed by atoms with van der Waals surface area (Å²) in [5.41, 5.74) is -0.540. The van der Waals surface area contributed by atoms with E-state index in [0.717, 1.165) is 24.3 Å². The summed E-state index contributed by atoms with van der Waals surface area (Å²) in [6, 6.07) is 4.29. The van der Waals surface area contributed by atoms with Crippen LogP contribution in [0.1, 0.15) is 40.5 Å². The van der Waals surface area contributed by atoms with Gasteiger partial charge in [0, 0.05) is 0 Å². The normalized spacial score (nSPS) is 16.6. The summed E-state index contributed by atoms with van der Waals surface area (Å²) >= 11 is -5.26. The van der Waals surface area contributed by atoms with Crippen LogP contribution in [0.3, 0.4) is 0 Å². The first kappa shape index (κ1) is 28.8. The van der Waals surface area contributed by atoms with E-state index < -0.39 is 66.8 Å². The topological polar surface area (TPSA) is 58.2 Å². The van der Waals surface area contributed by atoms with E-state index in [2.05, 4.69) is 10.6 Å². The molecular formula is C30H30F4N2O2Ti. The van der Waals surface area contributed by atoms with Gasteiger partial charge in [-0.2, -0.15) is 0 Å². The molecule has 0 aliphatic heterocycles. The summed E-state index contributed by atoms with van der Waals surface area (Å²) in [5, 5.41) is 4.93. The van der Waals surface area contributed by atoms with Crippen LogP contribution in [0.25, 0.3) is 0 Å². The van der Waals surface area contributed by atoms with Crippen molar-refractivity contribution in [1.29, 1.82) is 0 Å². The van der Waals surface area contributed by atoms with Crippen molar-refractivity contribution in [3.8, 4) is 0 Å². The predicted octanol–water partition coefficient (Wildman–Crippen LogP) is 6.65. The number of benzene rings is 2. The third kappa shape index (κ3) is 4.53. The molecule has 0 aromatic heterocycles. The summed E-state index contributed by atoms with van der Waals surface area (Å²) in [4.78, 5) is 24.4. The number of amides is 2. The molecule has 2 amide bonds. The number of carbonyl (C=O) groups is 2. The van der Waals surface area contributed by atoms with Crippen molar-refractivity contribution in [2.45, 2.75) is 48.0 Å². The van der Waals surface area contributed by atoms with E-state index in [9.17, 15) is 9.59 Å². The minimum absolute atomic E-state index is 0.0491. The first-order valence-electron chi connectivity index (χ1n) is 12.8. The number of carbonyl (C=O) groups excluding carboxylic acids is 2. The molecule has 0 saturated carbocycles. The molecule has 0 radical (unpaired) electrons. The second kappa shape index (κ2) is 10.7. The van der Waals surface area contributed by atoms with E-state index in [1.165, 1.54) is 0 Å². The monoisotopic (exact) mass is 574 g/mol. The Bertz CT molecular complexity index is 1330. The Morgan fingerprint density at radius 3 is 1.31 bits per heavy atom. The van der Waals surface area contributed by atoms with Crippen molar-refractivity contribution in [3.63, 3.8) is 0 Å². The number of rotatable bonds is 8. The van der Waals surface area contributed by atoms with Gasteiger partial charge >= 0.3 is 229 Å². The van der Waals surface area contributed by atoms with Gasteiger partial charge in [-0.05, 0) is 0 Å². The molecule has 0 heterocycles. The van der Waals surface area contributed by atoms with Gasteiger partial charge in [-0.1, -0.05) is 0 Å². The van der Waals surface area contributed by atoms with Crippen molar-refractivity contribution in [1.82, 2.24) is 0 Å². The van der Waals surface area contributed by atoms with Crippen LogP contribution in [0.2, 0.25) is 7.44 Å². The molecule has 4 rings (SSSR count). The van der Waals surface area contributed by atoms with Gasteiger partial charge in [0.05, 0.1) is 0 Å². The van der Waals surface area contributed by atoms with Gasteiger partial charge in [-0.3, -0.25) is 0 Å². The van der Waals surface area contributed by atoms with E-state index in [1.807, 2.05) is 0 Å².